The van der Waals surface area contributed by atoms with Crippen LogP contribution >= 0.6 is 0 Å². The summed E-state index contributed by atoms with van der Waals surface area (Å²) in [6.45, 7) is 6.41. The Kier molecular flexibility index (Phi) is 3.09. The van der Waals surface area contributed by atoms with E-state index in [1.54, 1.807) is 0 Å². The summed E-state index contributed by atoms with van der Waals surface area (Å²) >= 11 is 0. The van der Waals surface area contributed by atoms with Gasteiger partial charge in [-0.05, 0) is 49.1 Å². The first-order chi connectivity index (χ1) is 7.70. The molecule has 0 radical (unpaired) electrons. The van der Waals surface area contributed by atoms with E-state index in [1.807, 2.05) is 0 Å². The van der Waals surface area contributed by atoms with Gasteiger partial charge in [0.15, 0.2) is 0 Å². The van der Waals surface area contributed by atoms with E-state index in [1.165, 1.54) is 27.5 Å². The lowest BCUT2D eigenvalue weighted by Crippen LogP contribution is -1.88. The van der Waals surface area contributed by atoms with Crippen molar-refractivity contribution in [2.45, 2.75) is 27.2 Å². The zero-order chi connectivity index (χ0) is 11.5. The molecule has 0 aliphatic heterocycles. The first-order valence-corrected chi connectivity index (χ1v) is 5.82. The van der Waals surface area contributed by atoms with E-state index >= 15 is 0 Å². The highest BCUT2D eigenvalue weighted by atomic mass is 14.0. The van der Waals surface area contributed by atoms with Crippen LogP contribution in [-0.4, -0.2) is 0 Å². The SMILES string of the molecule is C/C=C\Cc1cc2ccc(C)cc2cc1C. The number of benzene rings is 2. The first kappa shape index (κ1) is 10.9. The van der Waals surface area contributed by atoms with Crippen molar-refractivity contribution in [3.05, 3.63) is 59.2 Å². The van der Waals surface area contributed by atoms with Crippen molar-refractivity contribution in [2.75, 3.05) is 0 Å². The lowest BCUT2D eigenvalue weighted by atomic mass is 9.98. The molecular weight excluding hydrogens is 192 g/mol. The molecule has 0 amide bonds. The molecule has 0 unspecified atom stereocenters. The standard InChI is InChI=1S/C16H18/c1-4-5-6-14-11-15-8-7-12(2)9-16(15)10-13(14)3/h4-5,7-11H,6H2,1-3H3/b5-4-. The van der Waals surface area contributed by atoms with E-state index < -0.39 is 0 Å². The molecule has 0 N–H and O–H groups in total. The Morgan fingerprint density at radius 1 is 1.00 bits per heavy atom. The Hall–Kier alpha value is -1.56. The summed E-state index contributed by atoms with van der Waals surface area (Å²) < 4.78 is 0. The van der Waals surface area contributed by atoms with Crippen molar-refractivity contribution in [1.29, 1.82) is 0 Å². The highest BCUT2D eigenvalue weighted by Crippen LogP contribution is 2.21. The third-order valence-corrected chi connectivity index (χ3v) is 3.02. The molecule has 0 aromatic heterocycles. The normalized spacial score (nSPS) is 11.4. The molecule has 2 aromatic rings. The van der Waals surface area contributed by atoms with Crippen molar-refractivity contribution >= 4 is 10.8 Å². The van der Waals surface area contributed by atoms with Gasteiger partial charge in [0.1, 0.15) is 0 Å². The molecule has 2 rings (SSSR count). The van der Waals surface area contributed by atoms with Crippen LogP contribution in [0.1, 0.15) is 23.6 Å². The Labute approximate surface area is 97.6 Å². The molecule has 82 valence electrons. The number of hydrogen-bond acceptors (Lipinski definition) is 0. The number of aryl methyl sites for hydroxylation is 2. The summed E-state index contributed by atoms with van der Waals surface area (Å²) in [5.41, 5.74) is 4.14. The quantitative estimate of drug-likeness (QED) is 0.637. The van der Waals surface area contributed by atoms with Gasteiger partial charge in [0.25, 0.3) is 0 Å². The van der Waals surface area contributed by atoms with E-state index in [9.17, 15) is 0 Å². The zero-order valence-electron chi connectivity index (χ0n) is 10.2. The van der Waals surface area contributed by atoms with Crippen molar-refractivity contribution in [3.8, 4) is 0 Å². The summed E-state index contributed by atoms with van der Waals surface area (Å²) in [6, 6.07) is 11.2. The molecule has 0 heterocycles. The van der Waals surface area contributed by atoms with Crippen LogP contribution in [0.15, 0.2) is 42.5 Å². The molecular formula is C16H18. The molecule has 0 aliphatic carbocycles. The van der Waals surface area contributed by atoms with Gasteiger partial charge in [-0.1, -0.05) is 48.0 Å². The second-order valence-electron chi connectivity index (χ2n) is 4.40. The first-order valence-electron chi connectivity index (χ1n) is 5.82. The monoisotopic (exact) mass is 210 g/mol. The van der Waals surface area contributed by atoms with Gasteiger partial charge in [-0.3, -0.25) is 0 Å². The Morgan fingerprint density at radius 2 is 1.81 bits per heavy atom. The fourth-order valence-corrected chi connectivity index (χ4v) is 2.04. The summed E-state index contributed by atoms with van der Waals surface area (Å²) in [7, 11) is 0. The average molecular weight is 210 g/mol. The lowest BCUT2D eigenvalue weighted by Gasteiger charge is -2.07. The van der Waals surface area contributed by atoms with Crippen LogP contribution in [0.4, 0.5) is 0 Å². The van der Waals surface area contributed by atoms with Gasteiger partial charge >= 0.3 is 0 Å². The fraction of sp³-hybridized carbons (Fsp3) is 0.250. The molecule has 16 heavy (non-hydrogen) atoms. The topological polar surface area (TPSA) is 0 Å². The number of rotatable bonds is 2. The number of hydrogen-bond donors (Lipinski definition) is 0. The van der Waals surface area contributed by atoms with Crippen LogP contribution in [-0.2, 0) is 6.42 Å². The molecule has 0 heteroatoms. The maximum Gasteiger partial charge on any atom is -0.00947 e. The van der Waals surface area contributed by atoms with Gasteiger partial charge in [-0.25, -0.2) is 0 Å². The molecule has 0 atom stereocenters. The predicted molar refractivity (Wildman–Crippen MR) is 71.9 cm³/mol. The fourth-order valence-electron chi connectivity index (χ4n) is 2.04. The molecule has 0 aliphatic rings. The molecule has 0 bridgehead atoms. The second-order valence-corrected chi connectivity index (χ2v) is 4.40. The van der Waals surface area contributed by atoms with Crippen molar-refractivity contribution in [3.63, 3.8) is 0 Å². The van der Waals surface area contributed by atoms with Crippen LogP contribution in [0.3, 0.4) is 0 Å². The lowest BCUT2D eigenvalue weighted by molar-refractivity contribution is 1.22. The maximum atomic E-state index is 2.31. The molecule has 0 saturated heterocycles. The molecule has 2 aromatic carbocycles. The highest BCUT2D eigenvalue weighted by molar-refractivity contribution is 5.84. The molecule has 0 nitrogen and oxygen atoms in total. The maximum absolute atomic E-state index is 2.31. The largest absolute Gasteiger partial charge is 0.0913 e. The van der Waals surface area contributed by atoms with Crippen LogP contribution in [0, 0.1) is 13.8 Å². The van der Waals surface area contributed by atoms with Gasteiger partial charge in [-0.2, -0.15) is 0 Å². The summed E-state index contributed by atoms with van der Waals surface area (Å²) in [5.74, 6) is 0. The summed E-state index contributed by atoms with van der Waals surface area (Å²) in [6.07, 6.45) is 5.35. The Morgan fingerprint density at radius 3 is 2.56 bits per heavy atom. The van der Waals surface area contributed by atoms with Crippen molar-refractivity contribution < 1.29 is 0 Å². The van der Waals surface area contributed by atoms with Gasteiger partial charge in [-0.15, -0.1) is 0 Å². The predicted octanol–water partition coefficient (Wildman–Crippen LogP) is 4.58. The van der Waals surface area contributed by atoms with Gasteiger partial charge < -0.3 is 0 Å². The van der Waals surface area contributed by atoms with E-state index in [2.05, 4.69) is 63.3 Å². The number of allylic oxidation sites excluding steroid dienone is 2. The Bertz CT molecular complexity index is 533. The van der Waals surface area contributed by atoms with Gasteiger partial charge in [0, 0.05) is 0 Å². The minimum atomic E-state index is 1.03. The molecule has 0 fully saturated rings. The van der Waals surface area contributed by atoms with Crippen LogP contribution in [0.5, 0.6) is 0 Å². The van der Waals surface area contributed by atoms with Crippen molar-refractivity contribution in [2.24, 2.45) is 0 Å². The van der Waals surface area contributed by atoms with Gasteiger partial charge in [0.05, 0.1) is 0 Å². The smallest absolute Gasteiger partial charge is 0.00947 e. The summed E-state index contributed by atoms with van der Waals surface area (Å²) in [5, 5.41) is 2.69. The third-order valence-electron chi connectivity index (χ3n) is 3.02. The minimum absolute atomic E-state index is 1.03. The average Bonchev–Trinajstić information content (AvgIpc) is 2.26. The highest BCUT2D eigenvalue weighted by Gasteiger charge is 2.00. The van der Waals surface area contributed by atoms with Crippen LogP contribution in [0.2, 0.25) is 0 Å². The van der Waals surface area contributed by atoms with E-state index in [4.69, 9.17) is 0 Å². The second kappa shape index (κ2) is 4.52. The van der Waals surface area contributed by atoms with E-state index in [-0.39, 0.29) is 0 Å². The Balaban J connectivity index is 2.53. The molecule has 0 spiro atoms. The van der Waals surface area contributed by atoms with Crippen molar-refractivity contribution in [1.82, 2.24) is 0 Å². The summed E-state index contributed by atoms with van der Waals surface area (Å²) in [4.78, 5) is 0. The third kappa shape index (κ3) is 2.16. The minimum Gasteiger partial charge on any atom is -0.0913 e. The van der Waals surface area contributed by atoms with E-state index in [0.29, 0.717) is 0 Å². The van der Waals surface area contributed by atoms with Crippen LogP contribution in [0.25, 0.3) is 10.8 Å². The zero-order valence-corrected chi connectivity index (χ0v) is 10.2. The number of fused-ring (bicyclic) bond motifs is 1. The van der Waals surface area contributed by atoms with E-state index in [0.717, 1.165) is 6.42 Å². The molecule has 0 saturated carbocycles. The van der Waals surface area contributed by atoms with Gasteiger partial charge in [0.2, 0.25) is 0 Å². The van der Waals surface area contributed by atoms with Crippen LogP contribution < -0.4 is 0 Å².